The molecular weight excluding hydrogens is 214 g/mol. The van der Waals surface area contributed by atoms with Crippen LogP contribution in [0.15, 0.2) is 24.3 Å². The zero-order chi connectivity index (χ0) is 12.1. The monoisotopic (exact) mass is 233 g/mol. The molecule has 0 unspecified atom stereocenters. The number of ether oxygens (including phenoxy) is 1. The first-order valence-electron chi connectivity index (χ1n) is 6.29. The Morgan fingerprint density at radius 3 is 2.88 bits per heavy atom. The van der Waals surface area contributed by atoms with Crippen LogP contribution in [0.25, 0.3) is 0 Å². The van der Waals surface area contributed by atoms with Crippen LogP contribution >= 0.6 is 0 Å². The van der Waals surface area contributed by atoms with Crippen LogP contribution in [0.4, 0.5) is 0 Å². The molecule has 1 aliphatic rings. The summed E-state index contributed by atoms with van der Waals surface area (Å²) >= 11 is 0. The predicted octanol–water partition coefficient (Wildman–Crippen LogP) is 2.41. The van der Waals surface area contributed by atoms with E-state index in [-0.39, 0.29) is 5.78 Å². The molecule has 1 saturated carbocycles. The number of nitrogens with one attached hydrogen (secondary N) is 1. The Labute approximate surface area is 102 Å². The number of para-hydroxylation sites is 1. The quantitative estimate of drug-likeness (QED) is 0.735. The maximum absolute atomic E-state index is 12.0. The Bertz CT molecular complexity index is 386. The second-order valence-corrected chi connectivity index (χ2v) is 4.42. The van der Waals surface area contributed by atoms with E-state index in [4.69, 9.17) is 4.74 Å². The molecule has 0 saturated heterocycles. The van der Waals surface area contributed by atoms with Gasteiger partial charge in [0.25, 0.3) is 0 Å². The average molecular weight is 233 g/mol. The van der Waals surface area contributed by atoms with Gasteiger partial charge in [0.15, 0.2) is 5.78 Å². The van der Waals surface area contributed by atoms with Gasteiger partial charge in [0.05, 0.1) is 18.7 Å². The summed E-state index contributed by atoms with van der Waals surface area (Å²) in [6.07, 6.45) is 3.34. The minimum absolute atomic E-state index is 0.114. The molecule has 92 valence electrons. The molecule has 3 nitrogen and oxygen atoms in total. The molecular formula is C14H19NO2. The molecule has 0 bridgehead atoms. The first-order valence-corrected chi connectivity index (χ1v) is 6.29. The normalized spacial score (nSPS) is 14.6. The second-order valence-electron chi connectivity index (χ2n) is 4.42. The van der Waals surface area contributed by atoms with Gasteiger partial charge in [0.2, 0.25) is 0 Å². The largest absolute Gasteiger partial charge is 0.493 e. The molecule has 0 radical (unpaired) electrons. The van der Waals surface area contributed by atoms with Crippen LogP contribution in [-0.4, -0.2) is 25.0 Å². The molecule has 1 aromatic rings. The highest BCUT2D eigenvalue weighted by atomic mass is 16.5. The fourth-order valence-electron chi connectivity index (χ4n) is 1.65. The van der Waals surface area contributed by atoms with Crippen LogP contribution in [0.5, 0.6) is 5.75 Å². The fourth-order valence-corrected chi connectivity index (χ4v) is 1.65. The lowest BCUT2D eigenvalue weighted by Crippen LogP contribution is -2.25. The molecule has 3 heteroatoms. The number of Topliss-reactive ketones (excluding diaryl/α,β-unsaturated/α-hetero) is 1. The van der Waals surface area contributed by atoms with E-state index >= 15 is 0 Å². The Hall–Kier alpha value is -1.35. The van der Waals surface area contributed by atoms with Crippen LogP contribution in [0.1, 0.15) is 36.5 Å². The summed E-state index contributed by atoms with van der Waals surface area (Å²) in [4.78, 5) is 12.0. The van der Waals surface area contributed by atoms with Gasteiger partial charge >= 0.3 is 0 Å². The highest BCUT2D eigenvalue weighted by Gasteiger charge is 2.22. The lowest BCUT2D eigenvalue weighted by atomic mass is 10.1. The Morgan fingerprint density at radius 1 is 1.41 bits per heavy atom. The Balaban J connectivity index is 1.98. The minimum Gasteiger partial charge on any atom is -0.493 e. The van der Waals surface area contributed by atoms with Gasteiger partial charge in [-0.1, -0.05) is 19.1 Å². The SMILES string of the molecule is CCCOc1ccccc1C(=O)CNC1CC1. The second kappa shape index (κ2) is 5.82. The van der Waals surface area contributed by atoms with E-state index in [0.717, 1.165) is 6.42 Å². The van der Waals surface area contributed by atoms with Crippen molar-refractivity contribution < 1.29 is 9.53 Å². The molecule has 0 spiro atoms. The Morgan fingerprint density at radius 2 is 2.18 bits per heavy atom. The van der Waals surface area contributed by atoms with Crippen LogP contribution in [-0.2, 0) is 0 Å². The Kier molecular flexibility index (Phi) is 4.15. The third kappa shape index (κ3) is 3.56. The third-order valence-corrected chi connectivity index (χ3v) is 2.78. The number of benzene rings is 1. The van der Waals surface area contributed by atoms with E-state index in [1.165, 1.54) is 12.8 Å². The van der Waals surface area contributed by atoms with Gasteiger partial charge < -0.3 is 10.1 Å². The first kappa shape index (κ1) is 12.1. The lowest BCUT2D eigenvalue weighted by Gasteiger charge is -2.10. The molecule has 0 atom stereocenters. The summed E-state index contributed by atoms with van der Waals surface area (Å²) in [5.41, 5.74) is 0.689. The molecule has 0 aromatic heterocycles. The molecule has 1 fully saturated rings. The van der Waals surface area contributed by atoms with Crippen LogP contribution in [0.3, 0.4) is 0 Å². The summed E-state index contributed by atoms with van der Waals surface area (Å²) < 4.78 is 5.58. The summed E-state index contributed by atoms with van der Waals surface area (Å²) in [5.74, 6) is 0.820. The van der Waals surface area contributed by atoms with Crippen LogP contribution < -0.4 is 10.1 Å². The van der Waals surface area contributed by atoms with E-state index in [1.807, 2.05) is 24.3 Å². The van der Waals surface area contributed by atoms with Gasteiger partial charge in [-0.2, -0.15) is 0 Å². The lowest BCUT2D eigenvalue weighted by molar-refractivity contribution is 0.0986. The van der Waals surface area contributed by atoms with Crippen molar-refractivity contribution in [1.82, 2.24) is 5.32 Å². The topological polar surface area (TPSA) is 38.3 Å². The number of carbonyl (C=O) groups excluding carboxylic acids is 1. The number of hydrogen-bond donors (Lipinski definition) is 1. The van der Waals surface area contributed by atoms with Gasteiger partial charge in [0.1, 0.15) is 5.75 Å². The van der Waals surface area contributed by atoms with Gasteiger partial charge in [-0.25, -0.2) is 0 Å². The minimum atomic E-state index is 0.114. The number of carbonyl (C=O) groups is 1. The zero-order valence-corrected chi connectivity index (χ0v) is 10.2. The van der Waals surface area contributed by atoms with Crippen LogP contribution in [0, 0.1) is 0 Å². The fraction of sp³-hybridized carbons (Fsp3) is 0.500. The standard InChI is InChI=1S/C14H19NO2/c1-2-9-17-14-6-4-3-5-12(14)13(16)10-15-11-7-8-11/h3-6,11,15H,2,7-10H2,1H3. The zero-order valence-electron chi connectivity index (χ0n) is 10.2. The van der Waals surface area contributed by atoms with Crippen molar-refractivity contribution in [3.8, 4) is 5.75 Å². The molecule has 1 aromatic carbocycles. The van der Waals surface area contributed by atoms with E-state index in [1.54, 1.807) is 0 Å². The van der Waals surface area contributed by atoms with Crippen molar-refractivity contribution in [2.75, 3.05) is 13.2 Å². The number of rotatable bonds is 7. The van der Waals surface area contributed by atoms with Crippen molar-refractivity contribution >= 4 is 5.78 Å². The molecule has 2 rings (SSSR count). The van der Waals surface area contributed by atoms with Gasteiger partial charge in [-0.3, -0.25) is 4.79 Å². The molecule has 1 aliphatic carbocycles. The number of hydrogen-bond acceptors (Lipinski definition) is 3. The number of ketones is 1. The van der Waals surface area contributed by atoms with Crippen molar-refractivity contribution in [1.29, 1.82) is 0 Å². The highest BCUT2D eigenvalue weighted by Crippen LogP contribution is 2.21. The molecule has 0 heterocycles. The van der Waals surface area contributed by atoms with Gasteiger partial charge in [0, 0.05) is 6.04 Å². The maximum Gasteiger partial charge on any atom is 0.180 e. The summed E-state index contributed by atoms with van der Waals surface area (Å²) in [7, 11) is 0. The molecule has 0 aliphatic heterocycles. The third-order valence-electron chi connectivity index (χ3n) is 2.78. The van der Waals surface area contributed by atoms with Crippen molar-refractivity contribution in [3.63, 3.8) is 0 Å². The van der Waals surface area contributed by atoms with Crippen molar-refractivity contribution in [2.24, 2.45) is 0 Å². The van der Waals surface area contributed by atoms with E-state index in [0.29, 0.717) is 30.5 Å². The van der Waals surface area contributed by atoms with Crippen molar-refractivity contribution in [3.05, 3.63) is 29.8 Å². The first-order chi connectivity index (χ1) is 8.31. The van der Waals surface area contributed by atoms with Gasteiger partial charge in [-0.05, 0) is 31.4 Å². The van der Waals surface area contributed by atoms with Crippen molar-refractivity contribution in [2.45, 2.75) is 32.2 Å². The van der Waals surface area contributed by atoms with E-state index in [9.17, 15) is 4.79 Å². The highest BCUT2D eigenvalue weighted by molar-refractivity contribution is 6.00. The molecule has 0 amide bonds. The summed E-state index contributed by atoms with van der Waals surface area (Å²) in [6, 6.07) is 8.03. The van der Waals surface area contributed by atoms with E-state index < -0.39 is 0 Å². The average Bonchev–Trinajstić information content (AvgIpc) is 3.18. The predicted molar refractivity (Wildman–Crippen MR) is 67.6 cm³/mol. The van der Waals surface area contributed by atoms with Gasteiger partial charge in [-0.15, -0.1) is 0 Å². The summed E-state index contributed by atoms with van der Waals surface area (Å²) in [5, 5.41) is 3.23. The summed E-state index contributed by atoms with van der Waals surface area (Å²) in [6.45, 7) is 3.12. The smallest absolute Gasteiger partial charge is 0.180 e. The van der Waals surface area contributed by atoms with E-state index in [2.05, 4.69) is 12.2 Å². The molecule has 1 N–H and O–H groups in total. The molecule has 17 heavy (non-hydrogen) atoms. The maximum atomic E-state index is 12.0. The van der Waals surface area contributed by atoms with Crippen LogP contribution in [0.2, 0.25) is 0 Å².